The maximum atomic E-state index is 11.3. The molecule has 0 aliphatic rings. The predicted octanol–water partition coefficient (Wildman–Crippen LogP) is 1.67. The lowest BCUT2D eigenvalue weighted by molar-refractivity contribution is -0.119. The molecule has 4 nitrogen and oxygen atoms in total. The van der Waals surface area contributed by atoms with Gasteiger partial charge in [-0.1, -0.05) is 11.6 Å². The van der Waals surface area contributed by atoms with Gasteiger partial charge < -0.3 is 10.6 Å². The number of halogens is 1. The molecule has 1 amide bonds. The minimum Gasteiger partial charge on any atom is -0.360 e. The van der Waals surface area contributed by atoms with Gasteiger partial charge in [0.05, 0.1) is 11.6 Å². The molecule has 0 saturated heterocycles. The number of rotatable bonds is 4. The van der Waals surface area contributed by atoms with E-state index < -0.39 is 0 Å². The first-order valence-corrected chi connectivity index (χ1v) is 5.11. The van der Waals surface area contributed by atoms with E-state index in [2.05, 4.69) is 15.6 Å². The van der Waals surface area contributed by atoms with Crippen LogP contribution in [0.3, 0.4) is 0 Å². The first-order valence-electron chi connectivity index (χ1n) is 4.73. The van der Waals surface area contributed by atoms with Crippen LogP contribution in [0.4, 0.5) is 5.82 Å². The third-order valence-corrected chi connectivity index (χ3v) is 1.93. The Bertz CT molecular complexity index is 341. The summed E-state index contributed by atoms with van der Waals surface area (Å²) >= 11 is 5.86. The Hall–Kier alpha value is -1.29. The molecule has 0 aromatic carbocycles. The van der Waals surface area contributed by atoms with Crippen LogP contribution in [0.2, 0.25) is 5.02 Å². The maximum Gasteiger partial charge on any atom is 0.239 e. The molecule has 5 heteroatoms. The van der Waals surface area contributed by atoms with E-state index in [4.69, 9.17) is 11.6 Å². The van der Waals surface area contributed by atoms with Gasteiger partial charge in [0.1, 0.15) is 5.82 Å². The highest BCUT2D eigenvalue weighted by atomic mass is 35.5. The summed E-state index contributed by atoms with van der Waals surface area (Å²) in [5.74, 6) is 0.449. The summed E-state index contributed by atoms with van der Waals surface area (Å²) in [6, 6.07) is 3.59. The monoisotopic (exact) mass is 227 g/mol. The Morgan fingerprint density at radius 3 is 2.93 bits per heavy atom. The third-order valence-electron chi connectivity index (χ3n) is 1.62. The van der Waals surface area contributed by atoms with Crippen LogP contribution in [-0.2, 0) is 4.79 Å². The number of carbonyl (C=O) groups is 1. The molecule has 1 aromatic heterocycles. The Balaban J connectivity index is 2.44. The highest BCUT2D eigenvalue weighted by Crippen LogP contribution is 2.16. The summed E-state index contributed by atoms with van der Waals surface area (Å²) in [7, 11) is 0. The average Bonchev–Trinajstić information content (AvgIpc) is 2.15. The first kappa shape index (κ1) is 11.8. The van der Waals surface area contributed by atoms with E-state index >= 15 is 0 Å². The second-order valence-electron chi connectivity index (χ2n) is 3.41. The topological polar surface area (TPSA) is 54.0 Å². The lowest BCUT2D eigenvalue weighted by atomic mass is 10.4. The van der Waals surface area contributed by atoms with Crippen LogP contribution >= 0.6 is 11.6 Å². The maximum absolute atomic E-state index is 11.3. The zero-order valence-corrected chi connectivity index (χ0v) is 9.51. The van der Waals surface area contributed by atoms with Gasteiger partial charge in [0, 0.05) is 12.2 Å². The van der Waals surface area contributed by atoms with Gasteiger partial charge in [0.15, 0.2) is 0 Å². The van der Waals surface area contributed by atoms with Crippen LogP contribution in [0.25, 0.3) is 0 Å². The number of hydrogen-bond donors (Lipinski definition) is 2. The molecule has 15 heavy (non-hydrogen) atoms. The third kappa shape index (κ3) is 4.16. The predicted molar refractivity (Wildman–Crippen MR) is 61.0 cm³/mol. The molecule has 82 valence electrons. The van der Waals surface area contributed by atoms with Gasteiger partial charge in [-0.25, -0.2) is 4.98 Å². The molecule has 2 N–H and O–H groups in total. The number of carbonyl (C=O) groups excluding carboxylic acids is 1. The molecule has 0 aliphatic carbocycles. The standard InChI is InChI=1S/C10H14ClN3O/c1-7(2)14-9(15)6-13-10-8(11)4-3-5-12-10/h3-5,7H,6H2,1-2H3,(H,12,13)(H,14,15). The molecule has 0 bridgehead atoms. The molecule has 0 unspecified atom stereocenters. The number of hydrogen-bond acceptors (Lipinski definition) is 3. The van der Waals surface area contributed by atoms with E-state index in [0.29, 0.717) is 10.8 Å². The molecule has 0 spiro atoms. The van der Waals surface area contributed by atoms with E-state index in [9.17, 15) is 4.79 Å². The molecule has 1 aromatic rings. The van der Waals surface area contributed by atoms with Gasteiger partial charge in [-0.15, -0.1) is 0 Å². The van der Waals surface area contributed by atoms with Gasteiger partial charge in [-0.05, 0) is 26.0 Å². The number of anilines is 1. The summed E-state index contributed by atoms with van der Waals surface area (Å²) in [4.78, 5) is 15.3. The van der Waals surface area contributed by atoms with Crippen molar-refractivity contribution in [3.05, 3.63) is 23.4 Å². The molecule has 1 heterocycles. The highest BCUT2D eigenvalue weighted by molar-refractivity contribution is 6.32. The van der Waals surface area contributed by atoms with Crippen molar-refractivity contribution < 1.29 is 4.79 Å². The number of nitrogens with one attached hydrogen (secondary N) is 2. The quantitative estimate of drug-likeness (QED) is 0.823. The number of aromatic nitrogens is 1. The van der Waals surface area contributed by atoms with Crippen molar-refractivity contribution in [2.45, 2.75) is 19.9 Å². The minimum atomic E-state index is -0.0771. The molecular weight excluding hydrogens is 214 g/mol. The number of nitrogens with zero attached hydrogens (tertiary/aromatic N) is 1. The summed E-state index contributed by atoms with van der Waals surface area (Å²) in [6.07, 6.45) is 1.62. The van der Waals surface area contributed by atoms with Crippen LogP contribution in [0, 0.1) is 0 Å². The first-order chi connectivity index (χ1) is 7.09. The zero-order chi connectivity index (χ0) is 11.3. The van der Waals surface area contributed by atoms with Gasteiger partial charge in [0.25, 0.3) is 0 Å². The van der Waals surface area contributed by atoms with Crippen molar-refractivity contribution in [3.63, 3.8) is 0 Å². The number of pyridine rings is 1. The average molecular weight is 228 g/mol. The van der Waals surface area contributed by atoms with Crippen LogP contribution in [-0.4, -0.2) is 23.5 Å². The van der Waals surface area contributed by atoms with E-state index in [1.165, 1.54) is 0 Å². The molecule has 1 rings (SSSR count). The molecule has 0 atom stereocenters. The fraction of sp³-hybridized carbons (Fsp3) is 0.400. The second kappa shape index (κ2) is 5.56. The van der Waals surface area contributed by atoms with Gasteiger partial charge >= 0.3 is 0 Å². The lowest BCUT2D eigenvalue weighted by Gasteiger charge is -2.09. The van der Waals surface area contributed by atoms with E-state index in [-0.39, 0.29) is 18.5 Å². The summed E-state index contributed by atoms with van der Waals surface area (Å²) in [5.41, 5.74) is 0. The molecular formula is C10H14ClN3O. The summed E-state index contributed by atoms with van der Waals surface area (Å²) in [6.45, 7) is 3.99. The summed E-state index contributed by atoms with van der Waals surface area (Å²) in [5, 5.41) is 6.13. The van der Waals surface area contributed by atoms with Gasteiger partial charge in [0.2, 0.25) is 5.91 Å². The van der Waals surface area contributed by atoms with E-state index in [1.54, 1.807) is 18.3 Å². The Morgan fingerprint density at radius 1 is 1.60 bits per heavy atom. The van der Waals surface area contributed by atoms with E-state index in [1.807, 2.05) is 13.8 Å². The van der Waals surface area contributed by atoms with E-state index in [0.717, 1.165) is 0 Å². The molecule has 0 aliphatic heterocycles. The SMILES string of the molecule is CC(C)NC(=O)CNc1ncccc1Cl. The van der Waals surface area contributed by atoms with Crippen molar-refractivity contribution in [2.24, 2.45) is 0 Å². The van der Waals surface area contributed by atoms with Crippen LogP contribution in [0.5, 0.6) is 0 Å². The normalized spacial score (nSPS) is 10.1. The van der Waals surface area contributed by atoms with Gasteiger partial charge in [-0.2, -0.15) is 0 Å². The van der Waals surface area contributed by atoms with Crippen molar-refractivity contribution in [2.75, 3.05) is 11.9 Å². The van der Waals surface area contributed by atoms with Crippen molar-refractivity contribution >= 4 is 23.3 Å². The van der Waals surface area contributed by atoms with Crippen molar-refractivity contribution in [3.8, 4) is 0 Å². The number of amides is 1. The Morgan fingerprint density at radius 2 is 2.33 bits per heavy atom. The molecule has 0 radical (unpaired) electrons. The fourth-order valence-corrected chi connectivity index (χ4v) is 1.24. The van der Waals surface area contributed by atoms with Crippen molar-refractivity contribution in [1.82, 2.24) is 10.3 Å². The molecule has 0 saturated carbocycles. The van der Waals surface area contributed by atoms with Crippen LogP contribution < -0.4 is 10.6 Å². The largest absolute Gasteiger partial charge is 0.360 e. The smallest absolute Gasteiger partial charge is 0.239 e. The van der Waals surface area contributed by atoms with Crippen LogP contribution in [0.15, 0.2) is 18.3 Å². The minimum absolute atomic E-state index is 0.0771. The Labute approximate surface area is 94.0 Å². The zero-order valence-electron chi connectivity index (χ0n) is 8.75. The Kier molecular flexibility index (Phi) is 4.37. The second-order valence-corrected chi connectivity index (χ2v) is 3.82. The molecule has 0 fully saturated rings. The summed E-state index contributed by atoms with van der Waals surface area (Å²) < 4.78 is 0. The fourth-order valence-electron chi connectivity index (χ4n) is 1.05. The highest BCUT2D eigenvalue weighted by Gasteiger charge is 2.04. The lowest BCUT2D eigenvalue weighted by Crippen LogP contribution is -2.35. The van der Waals surface area contributed by atoms with Gasteiger partial charge in [-0.3, -0.25) is 4.79 Å². The van der Waals surface area contributed by atoms with Crippen molar-refractivity contribution in [1.29, 1.82) is 0 Å². The van der Waals surface area contributed by atoms with Crippen LogP contribution in [0.1, 0.15) is 13.8 Å².